The molecule has 128 valence electrons. The summed E-state index contributed by atoms with van der Waals surface area (Å²) in [6.07, 6.45) is 20.9. The topological polar surface area (TPSA) is 26.3 Å². The van der Waals surface area contributed by atoms with Gasteiger partial charge in [0.2, 0.25) is 0 Å². The third kappa shape index (κ3) is 15.3. The van der Waals surface area contributed by atoms with Crippen molar-refractivity contribution in [3.8, 4) is 0 Å². The molecule has 0 bridgehead atoms. The molecule has 0 aromatic heterocycles. The van der Waals surface area contributed by atoms with Crippen LogP contribution in [-0.4, -0.2) is 13.1 Å². The third-order valence-corrected chi connectivity index (χ3v) is 3.92. The van der Waals surface area contributed by atoms with Crippen LogP contribution in [0.15, 0.2) is 23.8 Å². The maximum Gasteiger partial charge on any atom is 0.305 e. The van der Waals surface area contributed by atoms with Gasteiger partial charge >= 0.3 is 5.97 Å². The summed E-state index contributed by atoms with van der Waals surface area (Å²) in [5, 5.41) is 0. The summed E-state index contributed by atoms with van der Waals surface area (Å²) >= 11 is 0. The van der Waals surface area contributed by atoms with Gasteiger partial charge in [0, 0.05) is 6.42 Å². The van der Waals surface area contributed by atoms with Crippen LogP contribution in [0.3, 0.4) is 0 Å². The van der Waals surface area contributed by atoms with E-state index >= 15 is 0 Å². The second-order valence-corrected chi connectivity index (χ2v) is 6.13. The highest BCUT2D eigenvalue weighted by Crippen LogP contribution is 2.11. The Bertz CT molecular complexity index is 316. The lowest BCUT2D eigenvalue weighted by atomic mass is 10.1. The third-order valence-electron chi connectivity index (χ3n) is 3.92. The summed E-state index contributed by atoms with van der Waals surface area (Å²) in [7, 11) is 1.45. The summed E-state index contributed by atoms with van der Waals surface area (Å²) in [5.41, 5.74) is 1.48. The molecule has 22 heavy (non-hydrogen) atoms. The van der Waals surface area contributed by atoms with E-state index < -0.39 is 0 Å². The molecular weight excluding hydrogens is 272 g/mol. The lowest BCUT2D eigenvalue weighted by Crippen LogP contribution is -1.98. The van der Waals surface area contributed by atoms with Gasteiger partial charge in [-0.1, -0.05) is 69.2 Å². The number of hydrogen-bond acceptors (Lipinski definition) is 2. The molecule has 0 aliphatic heterocycles. The predicted octanol–water partition coefficient (Wildman–Crippen LogP) is 6.36. The summed E-state index contributed by atoms with van der Waals surface area (Å²) in [4.78, 5) is 10.9. The number of hydrogen-bond donors (Lipinski definition) is 0. The summed E-state index contributed by atoms with van der Waals surface area (Å²) in [5.74, 6) is -0.0937. The summed E-state index contributed by atoms with van der Waals surface area (Å²) in [6, 6.07) is 0. The second kappa shape index (κ2) is 16.3. The van der Waals surface area contributed by atoms with Gasteiger partial charge in [0.1, 0.15) is 0 Å². The number of carbonyl (C=O) groups is 1. The molecule has 0 atom stereocenters. The van der Waals surface area contributed by atoms with Gasteiger partial charge < -0.3 is 4.74 Å². The SMILES string of the molecule is CCCCCCCC/C(C)=C/C=C/CCCCCC(=O)OC. The molecule has 0 aliphatic rings. The molecule has 0 aromatic carbocycles. The van der Waals surface area contributed by atoms with Gasteiger partial charge in [-0.15, -0.1) is 0 Å². The van der Waals surface area contributed by atoms with Crippen LogP contribution >= 0.6 is 0 Å². The molecule has 0 saturated carbocycles. The largest absolute Gasteiger partial charge is 0.469 e. The molecular formula is C20H36O2. The van der Waals surface area contributed by atoms with E-state index in [1.807, 2.05) is 0 Å². The van der Waals surface area contributed by atoms with E-state index in [1.54, 1.807) is 0 Å². The van der Waals surface area contributed by atoms with Gasteiger partial charge in [0.25, 0.3) is 0 Å². The summed E-state index contributed by atoms with van der Waals surface area (Å²) < 4.78 is 4.62. The first-order chi connectivity index (χ1) is 10.7. The van der Waals surface area contributed by atoms with Crippen molar-refractivity contribution in [3.05, 3.63) is 23.8 Å². The highest BCUT2D eigenvalue weighted by atomic mass is 16.5. The predicted molar refractivity (Wildman–Crippen MR) is 96.0 cm³/mol. The molecule has 0 heterocycles. The zero-order valence-electron chi connectivity index (χ0n) is 15.0. The molecule has 2 heteroatoms. The van der Waals surface area contributed by atoms with E-state index in [0.717, 1.165) is 25.7 Å². The lowest BCUT2D eigenvalue weighted by molar-refractivity contribution is -0.140. The van der Waals surface area contributed by atoms with E-state index in [0.29, 0.717) is 6.42 Å². The van der Waals surface area contributed by atoms with Crippen LogP contribution in [0.25, 0.3) is 0 Å². The number of allylic oxidation sites excluding steroid dienone is 4. The highest BCUT2D eigenvalue weighted by Gasteiger charge is 1.98. The van der Waals surface area contributed by atoms with Gasteiger partial charge in [0.15, 0.2) is 0 Å². The number of carbonyl (C=O) groups excluding carboxylic acids is 1. The van der Waals surface area contributed by atoms with Gasteiger partial charge in [-0.05, 0) is 39.0 Å². The molecule has 0 aliphatic carbocycles. The molecule has 0 saturated heterocycles. The van der Waals surface area contributed by atoms with Gasteiger partial charge in [0.05, 0.1) is 7.11 Å². The van der Waals surface area contributed by atoms with Crippen LogP contribution in [0.2, 0.25) is 0 Å². The highest BCUT2D eigenvalue weighted by molar-refractivity contribution is 5.68. The van der Waals surface area contributed by atoms with Crippen molar-refractivity contribution >= 4 is 5.97 Å². The second-order valence-electron chi connectivity index (χ2n) is 6.13. The molecule has 0 aromatic rings. The zero-order chi connectivity index (χ0) is 16.5. The number of esters is 1. The molecule has 2 nitrogen and oxygen atoms in total. The average molecular weight is 309 g/mol. The Morgan fingerprint density at radius 3 is 2.27 bits per heavy atom. The van der Waals surface area contributed by atoms with Gasteiger partial charge in [-0.25, -0.2) is 0 Å². The first kappa shape index (κ1) is 20.9. The zero-order valence-corrected chi connectivity index (χ0v) is 15.0. The van der Waals surface area contributed by atoms with E-state index in [4.69, 9.17) is 0 Å². The fraction of sp³-hybridized carbons (Fsp3) is 0.750. The van der Waals surface area contributed by atoms with Gasteiger partial charge in [-0.3, -0.25) is 4.79 Å². The van der Waals surface area contributed by atoms with E-state index in [2.05, 4.69) is 36.8 Å². The smallest absolute Gasteiger partial charge is 0.305 e. The van der Waals surface area contributed by atoms with Gasteiger partial charge in [-0.2, -0.15) is 0 Å². The molecule has 0 radical (unpaired) electrons. The minimum Gasteiger partial charge on any atom is -0.469 e. The van der Waals surface area contributed by atoms with E-state index in [1.165, 1.54) is 57.6 Å². The standard InChI is InChI=1S/C20H36O2/c1-4-5-6-7-10-13-16-19(2)17-14-11-8-9-12-15-18-20(21)22-3/h11,14,17H,4-10,12-13,15-16,18H2,1-3H3/b14-11+,19-17+. The molecule has 0 unspecified atom stereocenters. The Balaban J connectivity index is 3.46. The maximum atomic E-state index is 10.9. The van der Waals surface area contributed by atoms with Crippen LogP contribution in [0, 0.1) is 0 Å². The van der Waals surface area contributed by atoms with Crippen molar-refractivity contribution in [1.29, 1.82) is 0 Å². The Morgan fingerprint density at radius 1 is 0.909 bits per heavy atom. The lowest BCUT2D eigenvalue weighted by Gasteiger charge is -2.01. The minimum absolute atomic E-state index is 0.0937. The fourth-order valence-electron chi connectivity index (χ4n) is 2.41. The molecule has 0 rings (SSSR count). The molecule has 0 amide bonds. The quantitative estimate of drug-likeness (QED) is 0.212. The Hall–Kier alpha value is -1.05. The van der Waals surface area contributed by atoms with Crippen molar-refractivity contribution in [3.63, 3.8) is 0 Å². The van der Waals surface area contributed by atoms with E-state index in [-0.39, 0.29) is 5.97 Å². The number of unbranched alkanes of at least 4 members (excludes halogenated alkanes) is 8. The van der Waals surface area contributed by atoms with E-state index in [9.17, 15) is 4.79 Å². The van der Waals surface area contributed by atoms with Crippen molar-refractivity contribution in [1.82, 2.24) is 0 Å². The fourth-order valence-corrected chi connectivity index (χ4v) is 2.41. The van der Waals surface area contributed by atoms with Crippen LogP contribution in [-0.2, 0) is 9.53 Å². The van der Waals surface area contributed by atoms with Crippen LogP contribution in [0.4, 0.5) is 0 Å². The first-order valence-electron chi connectivity index (χ1n) is 9.09. The number of ether oxygens (including phenoxy) is 1. The summed E-state index contributed by atoms with van der Waals surface area (Å²) in [6.45, 7) is 4.49. The van der Waals surface area contributed by atoms with Crippen molar-refractivity contribution in [2.24, 2.45) is 0 Å². The van der Waals surface area contributed by atoms with Crippen molar-refractivity contribution < 1.29 is 9.53 Å². The Labute approximate surface area is 138 Å². The normalized spacial score (nSPS) is 12.0. The first-order valence-corrected chi connectivity index (χ1v) is 9.09. The Morgan fingerprint density at radius 2 is 1.55 bits per heavy atom. The average Bonchev–Trinajstić information content (AvgIpc) is 2.52. The monoisotopic (exact) mass is 308 g/mol. The molecule has 0 N–H and O–H groups in total. The Kier molecular flexibility index (Phi) is 15.5. The molecule has 0 spiro atoms. The van der Waals surface area contributed by atoms with Crippen molar-refractivity contribution in [2.45, 2.75) is 90.9 Å². The number of methoxy groups -OCH3 is 1. The van der Waals surface area contributed by atoms with Crippen LogP contribution < -0.4 is 0 Å². The van der Waals surface area contributed by atoms with Crippen LogP contribution in [0.1, 0.15) is 90.9 Å². The number of rotatable bonds is 14. The molecule has 0 fully saturated rings. The van der Waals surface area contributed by atoms with Crippen LogP contribution in [0.5, 0.6) is 0 Å². The van der Waals surface area contributed by atoms with Crippen molar-refractivity contribution in [2.75, 3.05) is 7.11 Å². The maximum absolute atomic E-state index is 10.9. The minimum atomic E-state index is -0.0937.